The molecule has 0 atom stereocenters. The Hall–Kier alpha value is -7.89. The molecule has 0 radical (unpaired) electrons. The Bertz CT molecular complexity index is 3550. The van der Waals surface area contributed by atoms with Gasteiger partial charge in [-0.25, -0.2) is 4.98 Å². The lowest BCUT2D eigenvalue weighted by Crippen LogP contribution is -2.07. The summed E-state index contributed by atoms with van der Waals surface area (Å²) in [6.07, 6.45) is 0. The molecule has 0 spiro atoms. The first kappa shape index (κ1) is 32.4. The minimum atomic E-state index is 0.551. The van der Waals surface area contributed by atoms with Gasteiger partial charge < -0.3 is 4.42 Å². The molecule has 0 aliphatic heterocycles. The minimum Gasteiger partial charge on any atom is -0.456 e. The molecule has 0 unspecified atom stereocenters. The molecular formula is C53H32N4O. The first-order valence-electron chi connectivity index (χ1n) is 19.5. The molecule has 12 aromatic rings. The molecule has 9 aromatic carbocycles. The number of benzene rings is 9. The van der Waals surface area contributed by atoms with Crippen molar-refractivity contribution in [2.24, 2.45) is 0 Å². The highest BCUT2D eigenvalue weighted by Crippen LogP contribution is 2.43. The van der Waals surface area contributed by atoms with Gasteiger partial charge in [0.15, 0.2) is 11.6 Å². The smallest absolute Gasteiger partial charge is 0.238 e. The van der Waals surface area contributed by atoms with Crippen molar-refractivity contribution in [1.82, 2.24) is 19.5 Å². The standard InChI is InChI=1S/C53H32N4O/c1-3-12-33(13-4-1)34-22-24-38(25-23-34)52-54-51(37-16-5-2-6-17-37)55-53(56-52)57-45-30-27-35-14-7-9-18-40(35)48(45)44-21-11-20-42(50(44)57)39-26-29-43-47(32-39)58-46-31-28-36-15-8-10-19-41(36)49(43)46/h1-32H. The lowest BCUT2D eigenvalue weighted by molar-refractivity contribution is 0.669. The van der Waals surface area contributed by atoms with Gasteiger partial charge in [-0.15, -0.1) is 0 Å². The van der Waals surface area contributed by atoms with Crippen LogP contribution in [0.25, 0.3) is 116 Å². The summed E-state index contributed by atoms with van der Waals surface area (Å²) >= 11 is 0. The monoisotopic (exact) mass is 740 g/mol. The van der Waals surface area contributed by atoms with E-state index in [2.05, 4.69) is 174 Å². The molecule has 0 bridgehead atoms. The number of hydrogen-bond donors (Lipinski definition) is 0. The van der Waals surface area contributed by atoms with Gasteiger partial charge in [-0.3, -0.25) is 4.57 Å². The lowest BCUT2D eigenvalue weighted by atomic mass is 9.98. The number of fused-ring (bicyclic) bond motifs is 10. The van der Waals surface area contributed by atoms with E-state index in [4.69, 9.17) is 19.4 Å². The third-order valence-corrected chi connectivity index (χ3v) is 11.5. The molecule has 12 rings (SSSR count). The Balaban J connectivity index is 1.13. The van der Waals surface area contributed by atoms with Gasteiger partial charge in [0.25, 0.3) is 0 Å². The first-order valence-corrected chi connectivity index (χ1v) is 19.5. The Morgan fingerprint density at radius 1 is 0.362 bits per heavy atom. The Morgan fingerprint density at radius 3 is 1.67 bits per heavy atom. The van der Waals surface area contributed by atoms with E-state index in [9.17, 15) is 0 Å². The van der Waals surface area contributed by atoms with Crippen molar-refractivity contribution in [2.45, 2.75) is 0 Å². The maximum absolute atomic E-state index is 6.59. The predicted octanol–water partition coefficient (Wildman–Crippen LogP) is 13.8. The number of hydrogen-bond acceptors (Lipinski definition) is 4. The summed E-state index contributed by atoms with van der Waals surface area (Å²) in [6, 6.07) is 68.0. The van der Waals surface area contributed by atoms with Crippen molar-refractivity contribution in [3.63, 3.8) is 0 Å². The van der Waals surface area contributed by atoms with E-state index in [0.29, 0.717) is 17.6 Å². The summed E-state index contributed by atoms with van der Waals surface area (Å²) in [5.74, 6) is 1.76. The highest BCUT2D eigenvalue weighted by molar-refractivity contribution is 6.24. The van der Waals surface area contributed by atoms with Crippen LogP contribution in [0, 0.1) is 0 Å². The zero-order chi connectivity index (χ0) is 38.2. The number of rotatable bonds is 5. The van der Waals surface area contributed by atoms with Gasteiger partial charge in [0.1, 0.15) is 11.2 Å². The second-order valence-electron chi connectivity index (χ2n) is 14.8. The van der Waals surface area contributed by atoms with Gasteiger partial charge in [0.2, 0.25) is 5.95 Å². The number of aromatic nitrogens is 4. The van der Waals surface area contributed by atoms with Crippen LogP contribution in [0.5, 0.6) is 0 Å². The van der Waals surface area contributed by atoms with Crippen LogP contribution in [0.1, 0.15) is 0 Å². The number of para-hydroxylation sites is 1. The van der Waals surface area contributed by atoms with Crippen LogP contribution in [0.15, 0.2) is 199 Å². The summed E-state index contributed by atoms with van der Waals surface area (Å²) in [7, 11) is 0. The van der Waals surface area contributed by atoms with Crippen LogP contribution < -0.4 is 0 Å². The molecule has 3 aromatic heterocycles. The Kier molecular flexibility index (Phi) is 7.16. The largest absolute Gasteiger partial charge is 0.456 e. The fraction of sp³-hybridized carbons (Fsp3) is 0. The van der Waals surface area contributed by atoms with E-state index in [0.717, 1.165) is 77.1 Å². The third kappa shape index (κ3) is 5.07. The fourth-order valence-electron chi connectivity index (χ4n) is 8.74. The average molecular weight is 741 g/mol. The molecule has 0 aliphatic carbocycles. The van der Waals surface area contributed by atoms with E-state index in [1.54, 1.807) is 0 Å². The van der Waals surface area contributed by atoms with Crippen LogP contribution in [-0.2, 0) is 0 Å². The summed E-state index contributed by atoms with van der Waals surface area (Å²) in [4.78, 5) is 15.7. The van der Waals surface area contributed by atoms with E-state index in [-0.39, 0.29) is 0 Å². The molecule has 0 saturated carbocycles. The van der Waals surface area contributed by atoms with Crippen LogP contribution in [0.3, 0.4) is 0 Å². The van der Waals surface area contributed by atoms with Gasteiger partial charge in [0, 0.05) is 38.2 Å². The van der Waals surface area contributed by atoms with Gasteiger partial charge >= 0.3 is 0 Å². The molecule has 5 nitrogen and oxygen atoms in total. The minimum absolute atomic E-state index is 0.551. The predicted molar refractivity (Wildman–Crippen MR) is 238 cm³/mol. The van der Waals surface area contributed by atoms with Crippen LogP contribution in [0.2, 0.25) is 0 Å². The highest BCUT2D eigenvalue weighted by Gasteiger charge is 2.22. The summed E-state index contributed by atoms with van der Waals surface area (Å²) < 4.78 is 8.83. The van der Waals surface area contributed by atoms with Crippen molar-refractivity contribution in [2.75, 3.05) is 0 Å². The Morgan fingerprint density at radius 2 is 0.931 bits per heavy atom. The zero-order valence-corrected chi connectivity index (χ0v) is 31.2. The van der Waals surface area contributed by atoms with Crippen molar-refractivity contribution in [1.29, 1.82) is 0 Å². The van der Waals surface area contributed by atoms with Gasteiger partial charge in [0.05, 0.1) is 11.0 Å². The third-order valence-electron chi connectivity index (χ3n) is 11.5. The topological polar surface area (TPSA) is 56.7 Å². The lowest BCUT2D eigenvalue weighted by Gasteiger charge is -2.13. The van der Waals surface area contributed by atoms with Crippen LogP contribution in [-0.4, -0.2) is 19.5 Å². The van der Waals surface area contributed by atoms with E-state index in [1.165, 1.54) is 21.5 Å². The van der Waals surface area contributed by atoms with Crippen molar-refractivity contribution >= 4 is 65.3 Å². The number of furan rings is 1. The van der Waals surface area contributed by atoms with Crippen molar-refractivity contribution in [3.8, 4) is 51.0 Å². The first-order chi connectivity index (χ1) is 28.7. The van der Waals surface area contributed by atoms with Gasteiger partial charge in [-0.05, 0) is 62.5 Å². The van der Waals surface area contributed by atoms with Crippen molar-refractivity contribution in [3.05, 3.63) is 194 Å². The van der Waals surface area contributed by atoms with E-state index < -0.39 is 0 Å². The molecule has 58 heavy (non-hydrogen) atoms. The SMILES string of the molecule is c1ccc(-c2ccc(-c3nc(-c4ccccc4)nc(-n4c5ccc6ccccc6c5c5cccc(-c6ccc7c(c6)oc6ccc8ccccc8c67)c54)n3)cc2)cc1. The van der Waals surface area contributed by atoms with E-state index in [1.807, 2.05) is 24.3 Å². The molecule has 3 heterocycles. The summed E-state index contributed by atoms with van der Waals surface area (Å²) in [6.45, 7) is 0. The van der Waals surface area contributed by atoms with Gasteiger partial charge in [-0.2, -0.15) is 9.97 Å². The molecule has 5 heteroatoms. The molecular weight excluding hydrogens is 709 g/mol. The van der Waals surface area contributed by atoms with E-state index >= 15 is 0 Å². The van der Waals surface area contributed by atoms with Crippen LogP contribution >= 0.6 is 0 Å². The normalized spacial score (nSPS) is 11.8. The molecule has 0 fully saturated rings. The second kappa shape index (κ2) is 12.8. The maximum Gasteiger partial charge on any atom is 0.238 e. The second-order valence-corrected chi connectivity index (χ2v) is 14.8. The van der Waals surface area contributed by atoms with Crippen LogP contribution in [0.4, 0.5) is 0 Å². The summed E-state index contributed by atoms with van der Waals surface area (Å²) in [5, 5.41) is 9.25. The molecule has 0 amide bonds. The van der Waals surface area contributed by atoms with Crippen molar-refractivity contribution < 1.29 is 4.42 Å². The average Bonchev–Trinajstić information content (AvgIpc) is 3.86. The van der Waals surface area contributed by atoms with Gasteiger partial charge in [-0.1, -0.05) is 170 Å². The fourth-order valence-corrected chi connectivity index (χ4v) is 8.74. The quantitative estimate of drug-likeness (QED) is 0.176. The number of nitrogens with zero attached hydrogens (tertiary/aromatic N) is 4. The molecule has 0 N–H and O–H groups in total. The molecule has 270 valence electrons. The maximum atomic E-state index is 6.59. The summed E-state index contributed by atoms with van der Waals surface area (Å²) in [5.41, 5.74) is 10.00. The highest BCUT2D eigenvalue weighted by atomic mass is 16.3. The Labute approximate surface area is 333 Å². The molecule has 0 aliphatic rings. The molecule has 0 saturated heterocycles. The zero-order valence-electron chi connectivity index (χ0n) is 31.2.